The van der Waals surface area contributed by atoms with E-state index >= 15 is 0 Å². The van der Waals surface area contributed by atoms with Gasteiger partial charge in [-0.3, -0.25) is 14.0 Å². The van der Waals surface area contributed by atoms with E-state index in [9.17, 15) is 9.59 Å². The van der Waals surface area contributed by atoms with Gasteiger partial charge in [0, 0.05) is 26.4 Å². The van der Waals surface area contributed by atoms with Gasteiger partial charge in [-0.25, -0.2) is 4.98 Å². The number of carbonyl (C=O) groups is 2. The van der Waals surface area contributed by atoms with Crippen LogP contribution in [-0.4, -0.2) is 48.0 Å². The third-order valence-corrected chi connectivity index (χ3v) is 3.37. The highest BCUT2D eigenvalue weighted by molar-refractivity contribution is 6.02. The first-order valence-electron chi connectivity index (χ1n) is 7.71. The number of carbonyl (C=O) groups excluding carboxylic acids is 2. The van der Waals surface area contributed by atoms with E-state index in [1.165, 1.54) is 0 Å². The normalized spacial score (nSPS) is 10.7. The zero-order valence-electron chi connectivity index (χ0n) is 13.5. The summed E-state index contributed by atoms with van der Waals surface area (Å²) in [5.41, 5.74) is 0.838. The van der Waals surface area contributed by atoms with Gasteiger partial charge in [0.15, 0.2) is 5.69 Å². The molecule has 2 heterocycles. The van der Waals surface area contributed by atoms with E-state index in [2.05, 4.69) is 22.5 Å². The van der Waals surface area contributed by atoms with Gasteiger partial charge in [-0.15, -0.1) is 0 Å². The van der Waals surface area contributed by atoms with Gasteiger partial charge in [-0.05, 0) is 18.6 Å². The topological polar surface area (TPSA) is 84.7 Å². The fourth-order valence-electron chi connectivity index (χ4n) is 2.17. The molecule has 0 aliphatic heterocycles. The largest absolute Gasteiger partial charge is 0.383 e. The van der Waals surface area contributed by atoms with Crippen molar-refractivity contribution in [2.75, 3.05) is 26.8 Å². The Morgan fingerprint density at radius 2 is 2.00 bits per heavy atom. The van der Waals surface area contributed by atoms with E-state index in [0.717, 1.165) is 12.8 Å². The SMILES string of the molecule is CCCCNC(=O)c1nc(C(=O)NCCOC)c2ccccn12. The molecule has 0 saturated carbocycles. The molecule has 0 fully saturated rings. The lowest BCUT2D eigenvalue weighted by molar-refractivity contribution is 0.0934. The van der Waals surface area contributed by atoms with Crippen molar-refractivity contribution < 1.29 is 14.3 Å². The van der Waals surface area contributed by atoms with Crippen molar-refractivity contribution in [1.82, 2.24) is 20.0 Å². The highest BCUT2D eigenvalue weighted by atomic mass is 16.5. The van der Waals surface area contributed by atoms with Crippen molar-refractivity contribution in [1.29, 1.82) is 0 Å². The Morgan fingerprint density at radius 3 is 2.74 bits per heavy atom. The van der Waals surface area contributed by atoms with E-state index in [1.54, 1.807) is 29.8 Å². The second-order valence-electron chi connectivity index (χ2n) is 5.10. The first-order chi connectivity index (χ1) is 11.2. The van der Waals surface area contributed by atoms with Crippen LogP contribution in [0.5, 0.6) is 0 Å². The molecule has 7 nitrogen and oxygen atoms in total. The summed E-state index contributed by atoms with van der Waals surface area (Å²) in [7, 11) is 1.57. The number of unbranched alkanes of at least 4 members (excludes halogenated alkanes) is 1. The molecule has 2 aromatic heterocycles. The molecule has 7 heteroatoms. The minimum Gasteiger partial charge on any atom is -0.383 e. The van der Waals surface area contributed by atoms with Crippen LogP contribution >= 0.6 is 0 Å². The van der Waals surface area contributed by atoms with Crippen molar-refractivity contribution in [3.05, 3.63) is 35.9 Å². The van der Waals surface area contributed by atoms with Crippen LogP contribution in [0.3, 0.4) is 0 Å². The molecular formula is C16H22N4O3. The molecule has 0 spiro atoms. The van der Waals surface area contributed by atoms with Crippen LogP contribution in [0.15, 0.2) is 24.4 Å². The molecule has 2 N–H and O–H groups in total. The van der Waals surface area contributed by atoms with Gasteiger partial charge >= 0.3 is 0 Å². The van der Waals surface area contributed by atoms with E-state index < -0.39 is 0 Å². The van der Waals surface area contributed by atoms with Crippen LogP contribution in [0.4, 0.5) is 0 Å². The molecule has 23 heavy (non-hydrogen) atoms. The highest BCUT2D eigenvalue weighted by Crippen LogP contribution is 2.13. The number of fused-ring (bicyclic) bond motifs is 1. The van der Waals surface area contributed by atoms with Crippen LogP contribution in [0.25, 0.3) is 5.52 Å². The molecule has 0 saturated heterocycles. The summed E-state index contributed by atoms with van der Waals surface area (Å²) in [5, 5.41) is 5.55. The van der Waals surface area contributed by atoms with Gasteiger partial charge in [0.25, 0.3) is 11.8 Å². The van der Waals surface area contributed by atoms with Crippen LogP contribution in [0.2, 0.25) is 0 Å². The molecular weight excluding hydrogens is 296 g/mol. The first-order valence-corrected chi connectivity index (χ1v) is 7.71. The number of amides is 2. The van der Waals surface area contributed by atoms with Crippen molar-refractivity contribution in [2.45, 2.75) is 19.8 Å². The number of pyridine rings is 1. The maximum Gasteiger partial charge on any atom is 0.287 e. The number of nitrogens with one attached hydrogen (secondary N) is 2. The Hall–Kier alpha value is -2.41. The maximum atomic E-state index is 12.3. The second kappa shape index (κ2) is 8.28. The smallest absolute Gasteiger partial charge is 0.287 e. The number of imidazole rings is 1. The van der Waals surface area contributed by atoms with Gasteiger partial charge in [-0.2, -0.15) is 0 Å². The quantitative estimate of drug-likeness (QED) is 0.717. The molecule has 0 aliphatic carbocycles. The molecule has 2 aromatic rings. The van der Waals surface area contributed by atoms with Crippen molar-refractivity contribution in [2.24, 2.45) is 0 Å². The van der Waals surface area contributed by atoms with Gasteiger partial charge in [0.2, 0.25) is 5.82 Å². The Bertz CT molecular complexity index is 625. The summed E-state index contributed by atoms with van der Waals surface area (Å²) in [4.78, 5) is 28.8. The molecule has 2 amide bonds. The minimum absolute atomic E-state index is 0.216. The summed E-state index contributed by atoms with van der Waals surface area (Å²) in [6.07, 6.45) is 3.62. The second-order valence-corrected chi connectivity index (χ2v) is 5.10. The van der Waals surface area contributed by atoms with Gasteiger partial charge in [0.05, 0.1) is 12.1 Å². The Balaban J connectivity index is 2.25. The fourth-order valence-corrected chi connectivity index (χ4v) is 2.17. The maximum absolute atomic E-state index is 12.3. The summed E-state index contributed by atoms with van der Waals surface area (Å²) in [6, 6.07) is 5.37. The number of nitrogens with zero attached hydrogens (tertiary/aromatic N) is 2. The number of hydrogen-bond acceptors (Lipinski definition) is 4. The summed E-state index contributed by atoms with van der Waals surface area (Å²) < 4.78 is 6.54. The molecule has 0 bridgehead atoms. The summed E-state index contributed by atoms with van der Waals surface area (Å²) in [6.45, 7) is 3.45. The van der Waals surface area contributed by atoms with E-state index in [0.29, 0.717) is 25.2 Å². The van der Waals surface area contributed by atoms with Crippen molar-refractivity contribution in [3.63, 3.8) is 0 Å². The molecule has 2 rings (SSSR count). The third kappa shape index (κ3) is 4.07. The number of aromatic nitrogens is 2. The minimum atomic E-state index is -0.321. The van der Waals surface area contributed by atoms with Crippen LogP contribution in [0, 0.1) is 0 Å². The van der Waals surface area contributed by atoms with Gasteiger partial charge < -0.3 is 15.4 Å². The van der Waals surface area contributed by atoms with Crippen LogP contribution in [0.1, 0.15) is 40.9 Å². The molecule has 0 radical (unpaired) electrons. The number of ether oxygens (including phenoxy) is 1. The number of methoxy groups -OCH3 is 1. The fraction of sp³-hybridized carbons (Fsp3) is 0.438. The predicted octanol–water partition coefficient (Wildman–Crippen LogP) is 1.24. The zero-order chi connectivity index (χ0) is 16.7. The van der Waals surface area contributed by atoms with Crippen molar-refractivity contribution in [3.8, 4) is 0 Å². The lowest BCUT2D eigenvalue weighted by Crippen LogP contribution is -2.28. The van der Waals surface area contributed by atoms with Crippen LogP contribution < -0.4 is 10.6 Å². The number of hydrogen-bond donors (Lipinski definition) is 2. The van der Waals surface area contributed by atoms with Gasteiger partial charge in [0.1, 0.15) is 0 Å². The van der Waals surface area contributed by atoms with Gasteiger partial charge in [-0.1, -0.05) is 19.4 Å². The van der Waals surface area contributed by atoms with E-state index in [-0.39, 0.29) is 23.3 Å². The predicted molar refractivity (Wildman–Crippen MR) is 86.6 cm³/mol. The standard InChI is InChI=1S/C16H22N4O3/c1-3-4-8-17-16(22)14-19-13(15(21)18-9-11-23-2)12-7-5-6-10-20(12)14/h5-7,10H,3-4,8-9,11H2,1-2H3,(H,17,22)(H,18,21). The lowest BCUT2D eigenvalue weighted by Gasteiger charge is -2.03. The Kier molecular flexibility index (Phi) is 6.10. The molecule has 0 atom stereocenters. The zero-order valence-corrected chi connectivity index (χ0v) is 13.5. The van der Waals surface area contributed by atoms with Crippen LogP contribution in [-0.2, 0) is 4.74 Å². The van der Waals surface area contributed by atoms with E-state index in [4.69, 9.17) is 4.74 Å². The summed E-state index contributed by atoms with van der Waals surface area (Å²) in [5.74, 6) is -0.387. The van der Waals surface area contributed by atoms with Crippen molar-refractivity contribution >= 4 is 17.3 Å². The first kappa shape index (κ1) is 17.0. The Labute approximate surface area is 135 Å². The van der Waals surface area contributed by atoms with E-state index in [1.807, 2.05) is 6.07 Å². The molecule has 124 valence electrons. The summed E-state index contributed by atoms with van der Waals surface area (Å²) >= 11 is 0. The number of rotatable bonds is 8. The molecule has 0 aromatic carbocycles. The average Bonchev–Trinajstić information content (AvgIpc) is 2.95. The molecule has 0 unspecified atom stereocenters. The highest BCUT2D eigenvalue weighted by Gasteiger charge is 2.20. The monoisotopic (exact) mass is 318 g/mol. The Morgan fingerprint density at radius 1 is 1.22 bits per heavy atom. The third-order valence-electron chi connectivity index (χ3n) is 3.37. The average molecular weight is 318 g/mol. The molecule has 0 aliphatic rings. The lowest BCUT2D eigenvalue weighted by atomic mass is 10.3.